The van der Waals surface area contributed by atoms with Gasteiger partial charge in [0.25, 0.3) is 0 Å². The molecule has 0 saturated heterocycles. The fourth-order valence-electron chi connectivity index (χ4n) is 2.88. The van der Waals surface area contributed by atoms with Gasteiger partial charge in [-0.05, 0) is 45.7 Å². The molecule has 0 saturated carbocycles. The Morgan fingerprint density at radius 3 is 1.81 bits per heavy atom. The second-order valence-electron chi connectivity index (χ2n) is 7.51. The molecular weight excluding hydrogens is 338 g/mol. The molecule has 0 aliphatic rings. The topological polar surface area (TPSA) is 46.6 Å². The van der Waals surface area contributed by atoms with Gasteiger partial charge in [-0.25, -0.2) is 0 Å². The van der Waals surface area contributed by atoms with Gasteiger partial charge in [0.05, 0.1) is 6.54 Å². The van der Waals surface area contributed by atoms with Gasteiger partial charge in [-0.15, -0.1) is 0 Å². The van der Waals surface area contributed by atoms with Gasteiger partial charge in [0.1, 0.15) is 0 Å². The molecule has 0 amide bonds. The molecule has 0 aromatic heterocycles. The minimum atomic E-state index is -0.447. The third kappa shape index (κ3) is 19.4. The minimum Gasteiger partial charge on any atom is -0.392 e. The lowest BCUT2D eigenvalue weighted by Crippen LogP contribution is -2.28. The average Bonchev–Trinajstić information content (AvgIpc) is 2.64. The Kier molecular flexibility index (Phi) is 18.8. The molecule has 158 valence electrons. The summed E-state index contributed by atoms with van der Waals surface area (Å²) in [7, 11) is 1.83. The number of hydrogen-bond donors (Lipinski definition) is 0. The van der Waals surface area contributed by atoms with Crippen molar-refractivity contribution in [3.63, 3.8) is 0 Å². The zero-order chi connectivity index (χ0) is 20.2. The molecule has 27 heavy (non-hydrogen) atoms. The van der Waals surface area contributed by atoms with E-state index in [9.17, 15) is 9.59 Å². The van der Waals surface area contributed by atoms with E-state index in [4.69, 9.17) is 4.74 Å². The summed E-state index contributed by atoms with van der Waals surface area (Å²) in [4.78, 5) is 24.9. The van der Waals surface area contributed by atoms with Crippen molar-refractivity contribution in [1.29, 1.82) is 0 Å². The molecule has 0 radical (unpaired) electrons. The fourth-order valence-corrected chi connectivity index (χ4v) is 2.88. The van der Waals surface area contributed by atoms with Crippen LogP contribution in [0.1, 0.15) is 104 Å². The molecule has 0 aromatic rings. The van der Waals surface area contributed by atoms with Crippen LogP contribution in [0.5, 0.6) is 0 Å². The molecule has 0 bridgehead atoms. The van der Waals surface area contributed by atoms with E-state index >= 15 is 0 Å². The summed E-state index contributed by atoms with van der Waals surface area (Å²) in [6, 6.07) is 0. The number of likely N-dealkylation sites (N-methyl/N-ethyl adjacent to an activating group) is 1. The van der Waals surface area contributed by atoms with E-state index in [2.05, 4.69) is 19.1 Å². The summed E-state index contributed by atoms with van der Waals surface area (Å²) in [6.07, 6.45) is 21.0. The van der Waals surface area contributed by atoms with Crippen LogP contribution in [0, 0.1) is 0 Å². The molecular formula is C23H43NO3. The third-order valence-corrected chi connectivity index (χ3v) is 4.81. The van der Waals surface area contributed by atoms with Crippen molar-refractivity contribution >= 4 is 11.9 Å². The summed E-state index contributed by atoms with van der Waals surface area (Å²) in [5.74, 6) is -0.834. The first kappa shape index (κ1) is 25.8. The van der Waals surface area contributed by atoms with Crippen molar-refractivity contribution in [1.82, 2.24) is 4.90 Å². The fraction of sp³-hybridized carbons (Fsp3) is 0.826. The van der Waals surface area contributed by atoms with E-state index in [-0.39, 0.29) is 12.5 Å². The van der Waals surface area contributed by atoms with Gasteiger partial charge >= 0.3 is 11.9 Å². The van der Waals surface area contributed by atoms with E-state index in [0.29, 0.717) is 6.42 Å². The van der Waals surface area contributed by atoms with Crippen LogP contribution in [-0.4, -0.2) is 37.0 Å². The monoisotopic (exact) mass is 381 g/mol. The SMILES string of the molecule is CCCCCCCCC=CCCCCCCCC(=O)OC(=O)CN(C)CC. The van der Waals surface area contributed by atoms with Crippen molar-refractivity contribution in [3.05, 3.63) is 12.2 Å². The molecule has 4 nitrogen and oxygen atoms in total. The second-order valence-corrected chi connectivity index (χ2v) is 7.51. The average molecular weight is 382 g/mol. The molecule has 0 fully saturated rings. The van der Waals surface area contributed by atoms with Crippen LogP contribution in [0.3, 0.4) is 0 Å². The summed E-state index contributed by atoms with van der Waals surface area (Å²) in [5, 5.41) is 0. The number of carbonyl (C=O) groups is 2. The number of ether oxygens (including phenoxy) is 1. The molecule has 0 N–H and O–H groups in total. The standard InChI is InChI=1S/C23H43NO3/c1-4-6-7-8-9-10-11-12-13-14-15-16-17-18-19-20-22(25)27-23(26)21-24(3)5-2/h12-13H,4-11,14-21H2,1-3H3. The van der Waals surface area contributed by atoms with Gasteiger partial charge in [0.15, 0.2) is 0 Å². The summed E-state index contributed by atoms with van der Waals surface area (Å²) >= 11 is 0. The Morgan fingerprint density at radius 2 is 1.26 bits per heavy atom. The normalized spacial score (nSPS) is 11.4. The van der Waals surface area contributed by atoms with Gasteiger partial charge in [-0.3, -0.25) is 14.5 Å². The first-order valence-electron chi connectivity index (χ1n) is 11.2. The van der Waals surface area contributed by atoms with E-state index in [1.165, 1.54) is 57.8 Å². The first-order valence-corrected chi connectivity index (χ1v) is 11.2. The minimum absolute atomic E-state index is 0.175. The van der Waals surface area contributed by atoms with Gasteiger partial charge in [-0.2, -0.15) is 0 Å². The lowest BCUT2D eigenvalue weighted by atomic mass is 10.1. The predicted octanol–water partition coefficient (Wildman–Crippen LogP) is 6.05. The summed E-state index contributed by atoms with van der Waals surface area (Å²) in [6.45, 7) is 5.15. The van der Waals surface area contributed by atoms with Crippen LogP contribution >= 0.6 is 0 Å². The smallest absolute Gasteiger partial charge is 0.327 e. The first-order chi connectivity index (χ1) is 13.1. The van der Waals surface area contributed by atoms with Crippen molar-refractivity contribution in [3.8, 4) is 0 Å². The number of unbranched alkanes of at least 4 members (excludes halogenated alkanes) is 11. The van der Waals surface area contributed by atoms with Crippen LogP contribution in [0.15, 0.2) is 12.2 Å². The van der Waals surface area contributed by atoms with Gasteiger partial charge in [0, 0.05) is 6.42 Å². The van der Waals surface area contributed by atoms with E-state index in [1.54, 1.807) is 0 Å². The molecule has 0 heterocycles. The molecule has 0 unspecified atom stereocenters. The number of hydrogen-bond acceptors (Lipinski definition) is 4. The number of nitrogens with zero attached hydrogens (tertiary/aromatic N) is 1. The third-order valence-electron chi connectivity index (χ3n) is 4.81. The van der Waals surface area contributed by atoms with Crippen LogP contribution < -0.4 is 0 Å². The van der Waals surface area contributed by atoms with Crippen molar-refractivity contribution in [2.24, 2.45) is 0 Å². The van der Waals surface area contributed by atoms with Crippen LogP contribution in [0.2, 0.25) is 0 Å². The highest BCUT2D eigenvalue weighted by Crippen LogP contribution is 2.10. The van der Waals surface area contributed by atoms with Crippen molar-refractivity contribution < 1.29 is 14.3 Å². The molecule has 4 heteroatoms. The number of carbonyl (C=O) groups excluding carboxylic acids is 2. The molecule has 0 aliphatic carbocycles. The second kappa shape index (κ2) is 19.6. The maximum Gasteiger partial charge on any atom is 0.327 e. The van der Waals surface area contributed by atoms with Crippen LogP contribution in [0.25, 0.3) is 0 Å². The highest BCUT2D eigenvalue weighted by molar-refractivity contribution is 5.86. The van der Waals surface area contributed by atoms with Crippen molar-refractivity contribution in [2.75, 3.05) is 20.1 Å². The molecule has 0 spiro atoms. The Balaban J connectivity index is 3.36. The molecule has 0 aromatic carbocycles. The molecule has 0 rings (SSSR count). The van der Waals surface area contributed by atoms with Gasteiger partial charge in [-0.1, -0.05) is 77.4 Å². The Labute approximate surface area is 167 Å². The molecule has 0 aliphatic heterocycles. The number of rotatable bonds is 18. The Hall–Kier alpha value is -1.16. The maximum absolute atomic E-state index is 11.6. The predicted molar refractivity (Wildman–Crippen MR) is 114 cm³/mol. The summed E-state index contributed by atoms with van der Waals surface area (Å²) < 4.78 is 4.81. The summed E-state index contributed by atoms with van der Waals surface area (Å²) in [5.41, 5.74) is 0. The Bertz CT molecular complexity index is 393. The zero-order valence-electron chi connectivity index (χ0n) is 18.1. The number of esters is 2. The lowest BCUT2D eigenvalue weighted by Gasteiger charge is -2.11. The lowest BCUT2D eigenvalue weighted by molar-refractivity contribution is -0.160. The van der Waals surface area contributed by atoms with Crippen LogP contribution in [-0.2, 0) is 14.3 Å². The highest BCUT2D eigenvalue weighted by Gasteiger charge is 2.11. The number of allylic oxidation sites excluding steroid dienone is 2. The van der Waals surface area contributed by atoms with Gasteiger partial charge < -0.3 is 4.74 Å². The van der Waals surface area contributed by atoms with Crippen molar-refractivity contribution in [2.45, 2.75) is 104 Å². The van der Waals surface area contributed by atoms with Crippen LogP contribution in [0.4, 0.5) is 0 Å². The van der Waals surface area contributed by atoms with Gasteiger partial charge in [0.2, 0.25) is 0 Å². The Morgan fingerprint density at radius 1 is 0.741 bits per heavy atom. The quantitative estimate of drug-likeness (QED) is 0.126. The van der Waals surface area contributed by atoms with E-state index in [1.807, 2.05) is 18.9 Å². The highest BCUT2D eigenvalue weighted by atomic mass is 16.6. The maximum atomic E-state index is 11.6. The largest absolute Gasteiger partial charge is 0.392 e. The zero-order valence-corrected chi connectivity index (χ0v) is 18.1. The van der Waals surface area contributed by atoms with E-state index < -0.39 is 5.97 Å². The van der Waals surface area contributed by atoms with E-state index in [0.717, 1.165) is 32.2 Å². The molecule has 0 atom stereocenters.